The van der Waals surface area contributed by atoms with Gasteiger partial charge in [-0.1, -0.05) is 19.8 Å². The predicted octanol–water partition coefficient (Wildman–Crippen LogP) is 6.33. The summed E-state index contributed by atoms with van der Waals surface area (Å²) in [4.78, 5) is 13.4. The number of esters is 1. The van der Waals surface area contributed by atoms with Gasteiger partial charge in [-0.3, -0.25) is 0 Å². The molecule has 0 spiro atoms. The number of hydrogen-bond acceptors (Lipinski definition) is 4. The average Bonchev–Trinajstić information content (AvgIpc) is 3.29. The Hall–Kier alpha value is -0.940. The second-order valence-electron chi connectivity index (χ2n) is 9.18. The number of aryl methyl sites for hydroxylation is 1. The molecule has 164 valence electrons. The predicted molar refractivity (Wildman–Crippen MR) is 116 cm³/mol. The van der Waals surface area contributed by atoms with E-state index in [0.717, 1.165) is 64.2 Å². The minimum Gasteiger partial charge on any atom is -0.465 e. The zero-order valence-corrected chi connectivity index (χ0v) is 18.8. The second-order valence-corrected chi connectivity index (χ2v) is 10.4. The molecule has 3 nitrogen and oxygen atoms in total. The van der Waals surface area contributed by atoms with Crippen molar-refractivity contribution >= 4 is 17.3 Å². The third-order valence-corrected chi connectivity index (χ3v) is 8.83. The number of ether oxygens (including phenoxy) is 1. The summed E-state index contributed by atoms with van der Waals surface area (Å²) in [5, 5.41) is 10.6. The molecule has 1 heterocycles. The van der Waals surface area contributed by atoms with Crippen molar-refractivity contribution in [1.29, 1.82) is 0 Å². The highest BCUT2D eigenvalue weighted by Crippen LogP contribution is 2.48. The van der Waals surface area contributed by atoms with Gasteiger partial charge in [0, 0.05) is 4.88 Å². The van der Waals surface area contributed by atoms with Crippen molar-refractivity contribution in [2.24, 2.45) is 17.3 Å². The van der Waals surface area contributed by atoms with E-state index in [2.05, 4.69) is 6.92 Å². The van der Waals surface area contributed by atoms with Crippen molar-refractivity contribution < 1.29 is 19.0 Å². The lowest BCUT2D eigenvalue weighted by Crippen LogP contribution is -2.40. The van der Waals surface area contributed by atoms with Gasteiger partial charge in [-0.25, -0.2) is 9.18 Å². The molecule has 4 atom stereocenters. The van der Waals surface area contributed by atoms with Crippen molar-refractivity contribution in [3.8, 4) is 0 Å². The monoisotopic (exact) mass is 424 g/mol. The Balaban J connectivity index is 1.41. The van der Waals surface area contributed by atoms with Crippen LogP contribution >= 0.6 is 11.3 Å². The van der Waals surface area contributed by atoms with Gasteiger partial charge in [-0.2, -0.15) is 0 Å². The lowest BCUT2D eigenvalue weighted by Gasteiger charge is -2.45. The zero-order valence-electron chi connectivity index (χ0n) is 18.0. The van der Waals surface area contributed by atoms with Crippen LogP contribution in [0.25, 0.3) is 0 Å². The largest absolute Gasteiger partial charge is 0.465 e. The number of aliphatic hydroxyl groups is 1. The number of carbonyl (C=O) groups is 1. The van der Waals surface area contributed by atoms with Crippen LogP contribution in [0.2, 0.25) is 0 Å². The van der Waals surface area contributed by atoms with Gasteiger partial charge >= 0.3 is 5.97 Å². The highest BCUT2D eigenvalue weighted by atomic mass is 32.1. The van der Waals surface area contributed by atoms with Crippen molar-refractivity contribution in [1.82, 2.24) is 0 Å². The number of halogens is 1. The molecule has 0 amide bonds. The molecule has 1 aromatic rings. The van der Waals surface area contributed by atoms with Gasteiger partial charge in [0.05, 0.1) is 13.2 Å². The summed E-state index contributed by atoms with van der Waals surface area (Å²) in [6.45, 7) is 2.19. The first-order valence-corrected chi connectivity index (χ1v) is 12.3. The van der Waals surface area contributed by atoms with Gasteiger partial charge in [0.15, 0.2) is 0 Å². The molecule has 2 saturated carbocycles. The molecule has 0 aromatic carbocycles. The number of rotatable bonds is 11. The first-order chi connectivity index (χ1) is 14.0. The fraction of sp³-hybridized carbons (Fsp3) is 0.792. The van der Waals surface area contributed by atoms with Crippen LogP contribution < -0.4 is 0 Å². The lowest BCUT2D eigenvalue weighted by atomic mass is 9.62. The summed E-state index contributed by atoms with van der Waals surface area (Å²) in [7, 11) is 1.41. The molecule has 5 heteroatoms. The van der Waals surface area contributed by atoms with Gasteiger partial charge < -0.3 is 9.84 Å². The summed E-state index contributed by atoms with van der Waals surface area (Å²) in [6, 6.07) is 3.84. The lowest BCUT2D eigenvalue weighted by molar-refractivity contribution is -0.0440. The van der Waals surface area contributed by atoms with Crippen molar-refractivity contribution in [3.63, 3.8) is 0 Å². The van der Waals surface area contributed by atoms with Crippen LogP contribution in [0, 0.1) is 17.3 Å². The van der Waals surface area contributed by atoms with E-state index >= 15 is 0 Å². The molecule has 1 aromatic heterocycles. The van der Waals surface area contributed by atoms with Crippen LogP contribution in [0.1, 0.15) is 92.1 Å². The Morgan fingerprint density at radius 3 is 2.76 bits per heavy atom. The summed E-state index contributed by atoms with van der Waals surface area (Å²) < 4.78 is 19.3. The third kappa shape index (κ3) is 5.41. The molecule has 3 rings (SSSR count). The first kappa shape index (κ1) is 22.7. The van der Waals surface area contributed by atoms with E-state index in [0.29, 0.717) is 17.2 Å². The topological polar surface area (TPSA) is 46.5 Å². The molecule has 0 radical (unpaired) electrons. The van der Waals surface area contributed by atoms with E-state index in [1.165, 1.54) is 29.7 Å². The van der Waals surface area contributed by atoms with E-state index in [1.54, 1.807) is 0 Å². The first-order valence-electron chi connectivity index (χ1n) is 11.5. The molecule has 0 aliphatic heterocycles. The van der Waals surface area contributed by atoms with E-state index < -0.39 is 6.17 Å². The Kier molecular flexibility index (Phi) is 8.15. The van der Waals surface area contributed by atoms with Crippen LogP contribution in [-0.4, -0.2) is 30.5 Å². The summed E-state index contributed by atoms with van der Waals surface area (Å²) >= 11 is 1.50. The summed E-state index contributed by atoms with van der Waals surface area (Å²) in [6.07, 6.45) is 11.1. The standard InChI is InChI=1S/C24H37FO3S/c1-3-24(15-6-16-24)22(26)10-5-9-19-17(11-13-20(19)25)7-4-8-18-12-14-21(29-18)23(27)28-2/h12,14,17,19-20,22,26H,3-11,13,15-16H2,1-2H3/t17-,19?,20-,22?/m0/s1. The number of alkyl halides is 1. The van der Waals surface area contributed by atoms with Gasteiger partial charge in [-0.15, -0.1) is 11.3 Å². The van der Waals surface area contributed by atoms with E-state index in [4.69, 9.17) is 4.74 Å². The van der Waals surface area contributed by atoms with E-state index in [9.17, 15) is 14.3 Å². The van der Waals surface area contributed by atoms with E-state index in [1.807, 2.05) is 12.1 Å². The van der Waals surface area contributed by atoms with Crippen molar-refractivity contribution in [3.05, 3.63) is 21.9 Å². The highest BCUT2D eigenvalue weighted by Gasteiger charge is 2.42. The maximum absolute atomic E-state index is 14.5. The van der Waals surface area contributed by atoms with Gasteiger partial charge in [0.25, 0.3) is 0 Å². The van der Waals surface area contributed by atoms with Crippen LogP contribution in [0.3, 0.4) is 0 Å². The molecule has 1 N–H and O–H groups in total. The maximum atomic E-state index is 14.5. The highest BCUT2D eigenvalue weighted by molar-refractivity contribution is 7.13. The molecule has 2 fully saturated rings. The zero-order chi connectivity index (χ0) is 20.9. The van der Waals surface area contributed by atoms with E-state index in [-0.39, 0.29) is 23.4 Å². The maximum Gasteiger partial charge on any atom is 0.348 e. The Bertz CT molecular complexity index is 649. The second kappa shape index (κ2) is 10.4. The van der Waals surface area contributed by atoms with Gasteiger partial charge in [0.2, 0.25) is 0 Å². The minimum absolute atomic E-state index is 0.161. The number of hydrogen-bond donors (Lipinski definition) is 1. The average molecular weight is 425 g/mol. The molecular formula is C24H37FO3S. The minimum atomic E-state index is -0.673. The third-order valence-electron chi connectivity index (χ3n) is 7.70. The number of carbonyl (C=O) groups excluding carboxylic acids is 1. The van der Waals surface area contributed by atoms with Crippen LogP contribution in [-0.2, 0) is 11.2 Å². The summed E-state index contributed by atoms with van der Waals surface area (Å²) in [5.74, 6) is 0.354. The number of methoxy groups -OCH3 is 1. The molecule has 2 aliphatic carbocycles. The normalized spacial score (nSPS) is 26.8. The molecule has 2 unspecified atom stereocenters. The SMILES string of the molecule is CCC1(C(O)CCCC2[C@@H](CCCc3ccc(C(=O)OC)s3)CC[C@@H]2F)CCC1. The van der Waals surface area contributed by atoms with Crippen molar-refractivity contribution in [2.45, 2.75) is 96.2 Å². The van der Waals surface area contributed by atoms with Crippen LogP contribution in [0.4, 0.5) is 4.39 Å². The Morgan fingerprint density at radius 2 is 2.10 bits per heavy atom. The smallest absolute Gasteiger partial charge is 0.348 e. The molecule has 0 saturated heterocycles. The quantitative estimate of drug-likeness (QED) is 0.422. The van der Waals surface area contributed by atoms with Crippen LogP contribution in [0.15, 0.2) is 12.1 Å². The summed E-state index contributed by atoms with van der Waals surface area (Å²) in [5.41, 5.74) is 0.161. The fourth-order valence-electron chi connectivity index (χ4n) is 5.54. The number of aliphatic hydroxyl groups excluding tert-OH is 1. The van der Waals surface area contributed by atoms with Gasteiger partial charge in [-0.05, 0) is 93.6 Å². The Morgan fingerprint density at radius 1 is 1.31 bits per heavy atom. The molecule has 2 aliphatic rings. The van der Waals surface area contributed by atoms with Crippen molar-refractivity contribution in [2.75, 3.05) is 7.11 Å². The Labute approximate surface area is 179 Å². The molecular weight excluding hydrogens is 387 g/mol. The molecule has 29 heavy (non-hydrogen) atoms. The fourth-order valence-corrected chi connectivity index (χ4v) is 6.51. The molecule has 0 bridgehead atoms. The van der Waals surface area contributed by atoms with Gasteiger partial charge in [0.1, 0.15) is 11.0 Å². The number of thiophene rings is 1. The van der Waals surface area contributed by atoms with Crippen LogP contribution in [0.5, 0.6) is 0 Å².